The maximum atomic E-state index is 13.6. The molecule has 150 valence electrons. The summed E-state index contributed by atoms with van der Waals surface area (Å²) in [4.78, 5) is 26.5. The molecule has 0 bridgehead atoms. The molecule has 3 rings (SSSR count). The highest BCUT2D eigenvalue weighted by atomic mass is 79.9. The number of carbonyl (C=O) groups excluding carboxylic acids is 2. The topological polar surface area (TPSA) is 67.9 Å². The van der Waals surface area contributed by atoms with Crippen LogP contribution < -0.4 is 19.7 Å². The second-order valence-electron chi connectivity index (χ2n) is 5.90. The summed E-state index contributed by atoms with van der Waals surface area (Å²) in [6.45, 7) is 2.29. The minimum Gasteiger partial charge on any atom is -0.493 e. The van der Waals surface area contributed by atoms with Crippen LogP contribution in [-0.2, 0) is 9.59 Å². The molecule has 1 aliphatic rings. The lowest BCUT2D eigenvalue weighted by Crippen LogP contribution is -2.54. The molecule has 29 heavy (non-hydrogen) atoms. The maximum Gasteiger partial charge on any atom is 0.270 e. The van der Waals surface area contributed by atoms with E-state index in [1.54, 1.807) is 12.1 Å². The average Bonchev–Trinajstić information content (AvgIpc) is 2.66. The number of nitrogens with one attached hydrogen (secondary N) is 1. The van der Waals surface area contributed by atoms with Crippen molar-refractivity contribution < 1.29 is 23.5 Å². The summed E-state index contributed by atoms with van der Waals surface area (Å²) >= 11 is 8.53. The zero-order chi connectivity index (χ0) is 21.1. The zero-order valence-electron chi connectivity index (χ0n) is 15.5. The van der Waals surface area contributed by atoms with Gasteiger partial charge in [-0.1, -0.05) is 22.0 Å². The molecule has 1 saturated heterocycles. The van der Waals surface area contributed by atoms with E-state index in [1.807, 2.05) is 6.92 Å². The molecule has 0 aliphatic carbocycles. The molecule has 2 amide bonds. The van der Waals surface area contributed by atoms with E-state index in [2.05, 4.69) is 21.2 Å². The van der Waals surface area contributed by atoms with Crippen LogP contribution in [0.1, 0.15) is 12.5 Å². The van der Waals surface area contributed by atoms with Crippen molar-refractivity contribution in [2.75, 3.05) is 18.6 Å². The highest BCUT2D eigenvalue weighted by Crippen LogP contribution is 2.35. The Bertz CT molecular complexity index is 1040. The van der Waals surface area contributed by atoms with Crippen LogP contribution in [0.25, 0.3) is 6.08 Å². The molecule has 6 nitrogen and oxygen atoms in total. The SMILES string of the molecule is CCOc1cc(Br)c(/C=C2\C(=O)NC(=S)N(c3cccc(F)c3)C2=O)cc1OC. The number of rotatable bonds is 5. The number of hydrogen-bond donors (Lipinski definition) is 1. The predicted molar refractivity (Wildman–Crippen MR) is 114 cm³/mol. The van der Waals surface area contributed by atoms with Crippen molar-refractivity contribution >= 4 is 56.8 Å². The standard InChI is InChI=1S/C20H16BrFN2O4S/c1-3-28-17-10-15(21)11(8-16(17)27-2)7-14-18(25)23-20(29)24(19(14)26)13-6-4-5-12(22)9-13/h4-10H,3H2,1-2H3,(H,23,25,29)/b14-7+. The van der Waals surface area contributed by atoms with Crippen molar-refractivity contribution in [1.82, 2.24) is 5.32 Å². The molecule has 2 aromatic carbocycles. The summed E-state index contributed by atoms with van der Waals surface area (Å²) in [6.07, 6.45) is 1.41. The summed E-state index contributed by atoms with van der Waals surface area (Å²) in [5, 5.41) is 2.34. The van der Waals surface area contributed by atoms with Crippen LogP contribution in [0.15, 0.2) is 46.4 Å². The monoisotopic (exact) mass is 478 g/mol. The molecule has 9 heteroatoms. The Hall–Kier alpha value is -2.78. The Balaban J connectivity index is 2.05. The highest BCUT2D eigenvalue weighted by Gasteiger charge is 2.34. The largest absolute Gasteiger partial charge is 0.493 e. The molecular formula is C20H16BrFN2O4S. The van der Waals surface area contributed by atoms with Crippen LogP contribution in [0.2, 0.25) is 0 Å². The number of amides is 2. The van der Waals surface area contributed by atoms with E-state index in [4.69, 9.17) is 21.7 Å². The van der Waals surface area contributed by atoms with E-state index >= 15 is 0 Å². The third-order valence-electron chi connectivity index (χ3n) is 4.05. The van der Waals surface area contributed by atoms with E-state index in [9.17, 15) is 14.0 Å². The molecule has 0 aromatic heterocycles. The molecule has 0 unspecified atom stereocenters. The first-order valence-electron chi connectivity index (χ1n) is 8.53. The Morgan fingerprint density at radius 3 is 2.66 bits per heavy atom. The van der Waals surface area contributed by atoms with Crippen LogP contribution in [0.5, 0.6) is 11.5 Å². The lowest BCUT2D eigenvalue weighted by atomic mass is 10.1. The van der Waals surface area contributed by atoms with Gasteiger partial charge in [0, 0.05) is 4.47 Å². The van der Waals surface area contributed by atoms with Gasteiger partial charge in [0.15, 0.2) is 16.6 Å². The number of anilines is 1. The quantitative estimate of drug-likeness (QED) is 0.401. The van der Waals surface area contributed by atoms with Gasteiger partial charge in [-0.3, -0.25) is 19.8 Å². The van der Waals surface area contributed by atoms with E-state index in [0.29, 0.717) is 28.1 Å². The summed E-state index contributed by atoms with van der Waals surface area (Å²) in [6, 6.07) is 8.72. The Kier molecular flexibility index (Phi) is 6.29. The van der Waals surface area contributed by atoms with Gasteiger partial charge in [-0.05, 0) is 61.1 Å². The van der Waals surface area contributed by atoms with Gasteiger partial charge >= 0.3 is 0 Å². The van der Waals surface area contributed by atoms with Crippen LogP contribution >= 0.6 is 28.1 Å². The number of hydrogen-bond acceptors (Lipinski definition) is 5. The van der Waals surface area contributed by atoms with Crippen LogP contribution in [-0.4, -0.2) is 30.6 Å². The van der Waals surface area contributed by atoms with Crippen molar-refractivity contribution in [2.45, 2.75) is 6.92 Å². The normalized spacial score (nSPS) is 15.5. The number of thiocarbonyl (C=S) groups is 1. The van der Waals surface area contributed by atoms with Crippen LogP contribution in [0, 0.1) is 5.82 Å². The summed E-state index contributed by atoms with van der Waals surface area (Å²) in [5.74, 6) is -0.870. The molecule has 1 fully saturated rings. The minimum atomic E-state index is -0.663. The third kappa shape index (κ3) is 4.30. The molecular weight excluding hydrogens is 463 g/mol. The van der Waals surface area contributed by atoms with Gasteiger partial charge in [0.2, 0.25) is 0 Å². The number of nitrogens with zero attached hydrogens (tertiary/aromatic N) is 1. The van der Waals surface area contributed by atoms with E-state index in [-0.39, 0.29) is 16.4 Å². The molecule has 0 radical (unpaired) electrons. The molecule has 0 saturated carbocycles. The molecule has 1 N–H and O–H groups in total. The van der Waals surface area contributed by atoms with E-state index in [0.717, 1.165) is 11.0 Å². The van der Waals surface area contributed by atoms with Gasteiger partial charge in [0.1, 0.15) is 11.4 Å². The van der Waals surface area contributed by atoms with Gasteiger partial charge < -0.3 is 9.47 Å². The lowest BCUT2D eigenvalue weighted by molar-refractivity contribution is -0.122. The summed E-state index contributed by atoms with van der Waals surface area (Å²) < 4.78 is 25.1. The van der Waals surface area contributed by atoms with Crippen molar-refractivity contribution in [3.63, 3.8) is 0 Å². The van der Waals surface area contributed by atoms with E-state index < -0.39 is 17.6 Å². The lowest BCUT2D eigenvalue weighted by Gasteiger charge is -2.29. The second kappa shape index (κ2) is 8.71. The zero-order valence-corrected chi connectivity index (χ0v) is 17.9. The number of carbonyl (C=O) groups is 2. The number of methoxy groups -OCH3 is 1. The van der Waals surface area contributed by atoms with Crippen molar-refractivity contribution in [3.8, 4) is 11.5 Å². The molecule has 0 spiro atoms. The van der Waals surface area contributed by atoms with Crippen LogP contribution in [0.3, 0.4) is 0 Å². The molecule has 1 aliphatic heterocycles. The summed E-state index contributed by atoms with van der Waals surface area (Å²) in [5.41, 5.74) is 0.583. The fourth-order valence-electron chi connectivity index (χ4n) is 2.75. The third-order valence-corrected chi connectivity index (χ3v) is 5.02. The smallest absolute Gasteiger partial charge is 0.270 e. The molecule has 2 aromatic rings. The molecule has 0 atom stereocenters. The van der Waals surface area contributed by atoms with Gasteiger partial charge in [0.05, 0.1) is 19.4 Å². The number of benzene rings is 2. The average molecular weight is 479 g/mol. The Morgan fingerprint density at radius 2 is 2.00 bits per heavy atom. The van der Waals surface area contributed by atoms with Crippen molar-refractivity contribution in [2.24, 2.45) is 0 Å². The fraction of sp³-hybridized carbons (Fsp3) is 0.150. The van der Waals surface area contributed by atoms with Gasteiger partial charge in [-0.15, -0.1) is 0 Å². The maximum absolute atomic E-state index is 13.6. The van der Waals surface area contributed by atoms with E-state index in [1.165, 1.54) is 31.4 Å². The Morgan fingerprint density at radius 1 is 1.24 bits per heavy atom. The van der Waals surface area contributed by atoms with Crippen molar-refractivity contribution in [3.05, 3.63) is 57.8 Å². The second-order valence-corrected chi connectivity index (χ2v) is 7.14. The van der Waals surface area contributed by atoms with Gasteiger partial charge in [-0.2, -0.15) is 0 Å². The number of halogens is 2. The Labute approximate surface area is 180 Å². The van der Waals surface area contributed by atoms with Crippen molar-refractivity contribution in [1.29, 1.82) is 0 Å². The first-order valence-corrected chi connectivity index (χ1v) is 9.73. The van der Waals surface area contributed by atoms with Gasteiger partial charge in [0.25, 0.3) is 11.8 Å². The summed E-state index contributed by atoms with van der Waals surface area (Å²) in [7, 11) is 1.49. The van der Waals surface area contributed by atoms with Crippen LogP contribution in [0.4, 0.5) is 10.1 Å². The predicted octanol–water partition coefficient (Wildman–Crippen LogP) is 3.83. The first kappa shape index (κ1) is 20.9. The fourth-order valence-corrected chi connectivity index (χ4v) is 3.47. The number of ether oxygens (including phenoxy) is 2. The molecule has 1 heterocycles. The first-order chi connectivity index (χ1) is 13.8. The minimum absolute atomic E-state index is 0.119. The van der Waals surface area contributed by atoms with Gasteiger partial charge in [-0.25, -0.2) is 4.39 Å². The highest BCUT2D eigenvalue weighted by molar-refractivity contribution is 9.10.